The fourth-order valence-corrected chi connectivity index (χ4v) is 10.8. The number of ether oxygens (including phenoxy) is 1. The number of carbonyl (C=O) groups is 3. The number of nitrogens with two attached hydrogens (primary N) is 1. The third-order valence-electron chi connectivity index (χ3n) is 13.3. The number of nitrogens with one attached hydrogen (secondary N) is 2. The van der Waals surface area contributed by atoms with Gasteiger partial charge in [0.1, 0.15) is 5.60 Å². The monoisotopic (exact) mass is 685 g/mol. The molecule has 4 aliphatic carbocycles. The van der Waals surface area contributed by atoms with Gasteiger partial charge in [-0.1, -0.05) is 65.5 Å². The van der Waals surface area contributed by atoms with E-state index in [0.29, 0.717) is 38.0 Å². The van der Waals surface area contributed by atoms with Crippen molar-refractivity contribution >= 4 is 17.9 Å². The van der Waals surface area contributed by atoms with E-state index in [0.717, 1.165) is 54.8 Å². The molecule has 280 valence electrons. The maximum absolute atomic E-state index is 13.6. The molecule has 8 heteroatoms. The second-order valence-electron chi connectivity index (χ2n) is 18.2. The molecule has 3 amide bonds. The Morgan fingerprint density at radius 1 is 0.939 bits per heavy atom. The van der Waals surface area contributed by atoms with Crippen molar-refractivity contribution in [1.82, 2.24) is 15.5 Å². The molecule has 8 atom stereocenters. The number of allylic oxidation sites excluding steroid dienone is 1. The molecule has 0 radical (unpaired) electrons. The van der Waals surface area contributed by atoms with Crippen molar-refractivity contribution in [2.45, 2.75) is 157 Å². The van der Waals surface area contributed by atoms with Crippen LogP contribution in [0.4, 0.5) is 4.79 Å². The number of hydrogen-bond donors (Lipinski definition) is 3. The van der Waals surface area contributed by atoms with Gasteiger partial charge in [0.15, 0.2) is 0 Å². The summed E-state index contributed by atoms with van der Waals surface area (Å²) >= 11 is 0. The van der Waals surface area contributed by atoms with Crippen molar-refractivity contribution in [3.8, 4) is 0 Å². The Kier molecular flexibility index (Phi) is 13.7. The minimum Gasteiger partial charge on any atom is -0.444 e. The van der Waals surface area contributed by atoms with E-state index in [4.69, 9.17) is 10.5 Å². The average molecular weight is 685 g/mol. The summed E-state index contributed by atoms with van der Waals surface area (Å²) in [6.45, 7) is 19.9. The van der Waals surface area contributed by atoms with E-state index < -0.39 is 5.60 Å². The third kappa shape index (κ3) is 9.83. The van der Waals surface area contributed by atoms with E-state index in [1.54, 1.807) is 5.57 Å². The molecule has 4 N–H and O–H groups in total. The normalized spacial score (nSPS) is 31.6. The molecule has 4 rings (SSSR count). The minimum atomic E-state index is -0.571. The molecule has 4 unspecified atom stereocenters. The summed E-state index contributed by atoms with van der Waals surface area (Å²) < 4.78 is 5.93. The lowest BCUT2D eigenvalue weighted by Crippen LogP contribution is -2.53. The van der Waals surface area contributed by atoms with Crippen LogP contribution < -0.4 is 16.4 Å². The first kappa shape index (κ1) is 39.7. The van der Waals surface area contributed by atoms with Crippen molar-refractivity contribution in [3.05, 3.63) is 11.6 Å². The third-order valence-corrected chi connectivity index (χ3v) is 13.3. The smallest absolute Gasteiger partial charge is 0.410 e. The summed E-state index contributed by atoms with van der Waals surface area (Å²) in [5.41, 5.74) is 7.11. The first-order chi connectivity index (χ1) is 23.1. The van der Waals surface area contributed by atoms with E-state index >= 15 is 0 Å². The zero-order valence-corrected chi connectivity index (χ0v) is 32.5. The van der Waals surface area contributed by atoms with Crippen LogP contribution in [0.2, 0.25) is 0 Å². The van der Waals surface area contributed by atoms with E-state index in [-0.39, 0.29) is 42.2 Å². The van der Waals surface area contributed by atoms with Crippen LogP contribution in [0.3, 0.4) is 0 Å². The Balaban J connectivity index is 1.37. The molecular weight excluding hydrogens is 612 g/mol. The predicted octanol–water partition coefficient (Wildman–Crippen LogP) is 7.99. The number of fused-ring (bicyclic) bond motifs is 5. The SMILES string of the molecule is CC(C)CCC[C@@H](C)C1CC[C@H]2[C@H]3CC=C4C[C@H](N(CCCNC(=O)CCNC(=O)CCN)C(=O)OC(C)(C)C)CCC4(C)C3CCC12C. The van der Waals surface area contributed by atoms with E-state index in [1.165, 1.54) is 51.4 Å². The van der Waals surface area contributed by atoms with Crippen molar-refractivity contribution in [1.29, 1.82) is 0 Å². The highest BCUT2D eigenvalue weighted by atomic mass is 16.6. The van der Waals surface area contributed by atoms with Crippen LogP contribution in [-0.2, 0) is 14.3 Å². The molecule has 0 saturated heterocycles. The van der Waals surface area contributed by atoms with Gasteiger partial charge < -0.3 is 26.0 Å². The Labute approximate surface area is 298 Å². The lowest BCUT2D eigenvalue weighted by Gasteiger charge is -2.59. The van der Waals surface area contributed by atoms with Gasteiger partial charge in [0, 0.05) is 45.1 Å². The van der Waals surface area contributed by atoms with E-state index in [9.17, 15) is 14.4 Å². The predicted molar refractivity (Wildman–Crippen MR) is 199 cm³/mol. The van der Waals surface area contributed by atoms with Gasteiger partial charge in [0.2, 0.25) is 11.8 Å². The average Bonchev–Trinajstić information content (AvgIpc) is 3.37. The summed E-state index contributed by atoms with van der Waals surface area (Å²) in [5, 5.41) is 5.68. The molecule has 3 fully saturated rings. The molecule has 0 spiro atoms. The zero-order chi connectivity index (χ0) is 36.0. The highest BCUT2D eigenvalue weighted by Crippen LogP contribution is 2.67. The summed E-state index contributed by atoms with van der Waals surface area (Å²) in [4.78, 5) is 39.5. The molecule has 0 bridgehead atoms. The molecule has 8 nitrogen and oxygen atoms in total. The van der Waals surface area contributed by atoms with E-state index in [1.807, 2.05) is 25.7 Å². The van der Waals surface area contributed by atoms with Crippen molar-refractivity contribution in [3.63, 3.8) is 0 Å². The van der Waals surface area contributed by atoms with Crippen LogP contribution in [0.25, 0.3) is 0 Å². The van der Waals surface area contributed by atoms with Crippen LogP contribution in [0.15, 0.2) is 11.6 Å². The Morgan fingerprint density at radius 2 is 1.65 bits per heavy atom. The second kappa shape index (κ2) is 17.0. The van der Waals surface area contributed by atoms with Gasteiger partial charge >= 0.3 is 6.09 Å². The van der Waals surface area contributed by atoms with Crippen LogP contribution >= 0.6 is 0 Å². The van der Waals surface area contributed by atoms with Gasteiger partial charge in [-0.15, -0.1) is 0 Å². The molecule has 0 aromatic carbocycles. The summed E-state index contributed by atoms with van der Waals surface area (Å²) in [6, 6.07) is 0.107. The van der Waals surface area contributed by atoms with Gasteiger partial charge in [-0.25, -0.2) is 4.79 Å². The fourth-order valence-electron chi connectivity index (χ4n) is 10.8. The Hall–Kier alpha value is -2.09. The van der Waals surface area contributed by atoms with Gasteiger partial charge in [-0.2, -0.15) is 0 Å². The maximum atomic E-state index is 13.6. The first-order valence-electron chi connectivity index (χ1n) is 20.0. The van der Waals surface area contributed by atoms with Crippen molar-refractivity contribution in [2.75, 3.05) is 26.2 Å². The largest absolute Gasteiger partial charge is 0.444 e. The fraction of sp³-hybridized carbons (Fsp3) is 0.878. The molecule has 49 heavy (non-hydrogen) atoms. The number of nitrogens with zero attached hydrogens (tertiary/aromatic N) is 1. The van der Waals surface area contributed by atoms with Crippen LogP contribution in [0, 0.1) is 46.3 Å². The van der Waals surface area contributed by atoms with Gasteiger partial charge in [0.05, 0.1) is 0 Å². The molecule has 3 saturated carbocycles. The molecule has 0 aromatic heterocycles. The topological polar surface area (TPSA) is 114 Å². The van der Waals surface area contributed by atoms with Crippen LogP contribution in [-0.4, -0.2) is 60.6 Å². The van der Waals surface area contributed by atoms with Gasteiger partial charge in [0.25, 0.3) is 0 Å². The summed E-state index contributed by atoms with van der Waals surface area (Å²) in [7, 11) is 0. The lowest BCUT2D eigenvalue weighted by molar-refractivity contribution is -0.122. The number of rotatable bonds is 15. The Bertz CT molecular complexity index is 1160. The highest BCUT2D eigenvalue weighted by molar-refractivity contribution is 5.79. The van der Waals surface area contributed by atoms with Gasteiger partial charge in [-0.3, -0.25) is 9.59 Å². The second-order valence-corrected chi connectivity index (χ2v) is 18.2. The molecule has 4 aliphatic rings. The van der Waals surface area contributed by atoms with Gasteiger partial charge in [-0.05, 0) is 125 Å². The van der Waals surface area contributed by atoms with Crippen molar-refractivity contribution < 1.29 is 19.1 Å². The van der Waals surface area contributed by atoms with Crippen LogP contribution in [0.5, 0.6) is 0 Å². The molecule has 0 heterocycles. The number of hydrogen-bond acceptors (Lipinski definition) is 5. The van der Waals surface area contributed by atoms with E-state index in [2.05, 4.69) is 51.3 Å². The molecule has 0 aromatic rings. The number of carbonyl (C=O) groups excluding carboxylic acids is 3. The minimum absolute atomic E-state index is 0.107. The standard InChI is InChI=1S/C41H72N4O4/c1-28(2)11-9-12-29(3)33-15-16-34-32-14-13-30-27-31(17-21-40(30,7)35(32)18-22-41(33,34)8)45(38(48)49-39(4,5)6)26-10-24-43-37(47)20-25-44-36(46)19-23-42/h13,28-29,31-35H,9-12,14-27,42H2,1-8H3,(H,43,47)(H,44,46)/t29-,31-,32-,33?,34+,35?,40?,41?/m1/s1. The molecule has 0 aliphatic heterocycles. The first-order valence-corrected chi connectivity index (χ1v) is 20.0. The highest BCUT2D eigenvalue weighted by Gasteiger charge is 2.59. The molecular formula is C41H72N4O4. The quantitative estimate of drug-likeness (QED) is 0.120. The zero-order valence-electron chi connectivity index (χ0n) is 32.5. The summed E-state index contributed by atoms with van der Waals surface area (Å²) in [6.07, 6.45) is 17.4. The van der Waals surface area contributed by atoms with Crippen LogP contribution in [0.1, 0.15) is 145 Å². The maximum Gasteiger partial charge on any atom is 0.410 e. The van der Waals surface area contributed by atoms with Crippen molar-refractivity contribution in [2.24, 2.45) is 52.1 Å². The number of amides is 3. The lowest BCUT2D eigenvalue weighted by atomic mass is 9.46. The Morgan fingerprint density at radius 3 is 2.35 bits per heavy atom. The summed E-state index contributed by atoms with van der Waals surface area (Å²) in [5.74, 6) is 4.63.